The van der Waals surface area contributed by atoms with Gasteiger partial charge >= 0.3 is 0 Å². The number of amidine groups is 1. The van der Waals surface area contributed by atoms with E-state index in [1.165, 1.54) is 0 Å². The zero-order valence-corrected chi connectivity index (χ0v) is 18.1. The second-order valence-corrected chi connectivity index (χ2v) is 9.06. The summed E-state index contributed by atoms with van der Waals surface area (Å²) in [6.45, 7) is 2.27. The number of oxime groups is 1. The molecule has 0 atom stereocenters. The van der Waals surface area contributed by atoms with Crippen LogP contribution >= 0.6 is 23.3 Å². The van der Waals surface area contributed by atoms with Crippen molar-refractivity contribution in [3.05, 3.63) is 70.5 Å². The molecule has 0 amide bonds. The Bertz CT molecular complexity index is 1000. The van der Waals surface area contributed by atoms with E-state index in [9.17, 15) is 0 Å². The van der Waals surface area contributed by atoms with Crippen molar-refractivity contribution in [3.8, 4) is 11.3 Å². The highest BCUT2D eigenvalue weighted by Crippen LogP contribution is 2.38. The quantitative estimate of drug-likeness (QED) is 0.167. The van der Waals surface area contributed by atoms with Gasteiger partial charge in [-0.15, -0.1) is 11.3 Å². The van der Waals surface area contributed by atoms with Crippen LogP contribution in [0, 0.1) is 0 Å². The van der Waals surface area contributed by atoms with Gasteiger partial charge in [-0.3, -0.25) is 4.72 Å². The van der Waals surface area contributed by atoms with Gasteiger partial charge in [0.05, 0.1) is 5.69 Å². The summed E-state index contributed by atoms with van der Waals surface area (Å²) < 4.78 is 9.18. The third-order valence-electron chi connectivity index (χ3n) is 5.32. The highest BCUT2D eigenvalue weighted by molar-refractivity contribution is 7.97. The highest BCUT2D eigenvalue weighted by Gasteiger charge is 2.37. The summed E-state index contributed by atoms with van der Waals surface area (Å²) in [5, 5.41) is 15.3. The Labute approximate surface area is 184 Å². The van der Waals surface area contributed by atoms with Gasteiger partial charge in [-0.1, -0.05) is 47.6 Å². The van der Waals surface area contributed by atoms with Crippen molar-refractivity contribution >= 4 is 29.1 Å². The predicted molar refractivity (Wildman–Crippen MR) is 122 cm³/mol. The topological polar surface area (TPSA) is 92.8 Å². The molecule has 1 aromatic heterocycles. The largest absolute Gasteiger partial charge is 0.409 e. The summed E-state index contributed by atoms with van der Waals surface area (Å²) in [5.41, 5.74) is 8.52. The van der Waals surface area contributed by atoms with Gasteiger partial charge < -0.3 is 15.7 Å². The first kappa shape index (κ1) is 20.9. The van der Waals surface area contributed by atoms with Crippen LogP contribution in [0.3, 0.4) is 0 Å². The molecule has 4 N–H and O–H groups in total. The van der Waals surface area contributed by atoms with Gasteiger partial charge in [0.25, 0.3) is 0 Å². The molecular formula is C22H24N4O2S2. The van der Waals surface area contributed by atoms with Crippen molar-refractivity contribution in [2.24, 2.45) is 10.9 Å². The second kappa shape index (κ2) is 9.61. The van der Waals surface area contributed by atoms with E-state index in [1.807, 2.05) is 42.5 Å². The molecule has 1 fully saturated rings. The smallest absolute Gasteiger partial charge is 0.170 e. The molecule has 0 saturated carbocycles. The Kier molecular flexibility index (Phi) is 6.69. The molecule has 0 spiro atoms. The number of hydrogen-bond acceptors (Lipinski definition) is 7. The molecule has 3 aromatic rings. The minimum absolute atomic E-state index is 0.0495. The zero-order chi connectivity index (χ0) is 20.8. The standard InChI is InChI=1S/C22H24N4O2S2/c23-20(26-27)17-7-4-8-18(13-17)30-24-15-22(9-11-28-12-10-22)21-25-19(14-29-21)16-5-2-1-3-6-16/h1-8,13-14,24,27H,9-12,15H2,(H2,23,26). The number of ether oxygens (including phenoxy) is 1. The molecular weight excluding hydrogens is 416 g/mol. The van der Waals surface area contributed by atoms with Gasteiger partial charge in [0, 0.05) is 46.6 Å². The van der Waals surface area contributed by atoms with E-state index in [2.05, 4.69) is 27.4 Å². The molecule has 0 unspecified atom stereocenters. The normalized spacial score (nSPS) is 16.5. The van der Waals surface area contributed by atoms with Crippen molar-refractivity contribution in [3.63, 3.8) is 0 Å². The third-order valence-corrected chi connectivity index (χ3v) is 7.18. The average Bonchev–Trinajstić information content (AvgIpc) is 3.31. The molecule has 1 aliphatic rings. The summed E-state index contributed by atoms with van der Waals surface area (Å²) in [6, 6.07) is 17.9. The first-order valence-electron chi connectivity index (χ1n) is 9.77. The average molecular weight is 441 g/mol. The fourth-order valence-corrected chi connectivity index (χ4v) is 5.46. The summed E-state index contributed by atoms with van der Waals surface area (Å²) in [7, 11) is 0. The molecule has 2 aromatic carbocycles. The van der Waals surface area contributed by atoms with Crippen LogP contribution in [0.4, 0.5) is 0 Å². The lowest BCUT2D eigenvalue weighted by Crippen LogP contribution is -2.41. The Balaban J connectivity index is 1.49. The Morgan fingerprint density at radius 1 is 1.20 bits per heavy atom. The van der Waals surface area contributed by atoms with Gasteiger partial charge in [-0.05, 0) is 36.9 Å². The van der Waals surface area contributed by atoms with Crippen LogP contribution in [-0.4, -0.2) is 35.8 Å². The number of nitrogens with zero attached hydrogens (tertiary/aromatic N) is 2. The summed E-state index contributed by atoms with van der Waals surface area (Å²) in [6.07, 6.45) is 1.87. The summed E-state index contributed by atoms with van der Waals surface area (Å²) in [5.74, 6) is 0.106. The third kappa shape index (κ3) is 4.67. The number of nitrogens with two attached hydrogens (primary N) is 1. The van der Waals surface area contributed by atoms with Crippen molar-refractivity contribution in [1.82, 2.24) is 9.71 Å². The van der Waals surface area contributed by atoms with E-state index >= 15 is 0 Å². The second-order valence-electron chi connectivity index (χ2n) is 7.23. The molecule has 156 valence electrons. The van der Waals surface area contributed by atoms with Crippen LogP contribution in [0.1, 0.15) is 23.4 Å². The van der Waals surface area contributed by atoms with Gasteiger partial charge in [0.1, 0.15) is 5.01 Å². The van der Waals surface area contributed by atoms with Crippen molar-refractivity contribution in [2.45, 2.75) is 23.2 Å². The number of nitrogens with one attached hydrogen (secondary N) is 1. The minimum atomic E-state index is -0.0495. The summed E-state index contributed by atoms with van der Waals surface area (Å²) >= 11 is 3.28. The van der Waals surface area contributed by atoms with Crippen LogP contribution in [0.5, 0.6) is 0 Å². The van der Waals surface area contributed by atoms with Crippen molar-refractivity contribution < 1.29 is 9.94 Å². The first-order chi connectivity index (χ1) is 14.7. The molecule has 4 rings (SSSR count). The monoisotopic (exact) mass is 440 g/mol. The fraction of sp³-hybridized carbons (Fsp3) is 0.273. The van der Waals surface area contributed by atoms with E-state index in [1.54, 1.807) is 23.3 Å². The van der Waals surface area contributed by atoms with Gasteiger partial charge in [-0.25, -0.2) is 4.98 Å². The number of thiazole rings is 1. The van der Waals surface area contributed by atoms with Crippen LogP contribution in [0.15, 0.2) is 70.0 Å². The predicted octanol–water partition coefficient (Wildman–Crippen LogP) is 4.25. The molecule has 0 radical (unpaired) electrons. The number of rotatable bonds is 7. The lowest BCUT2D eigenvalue weighted by Gasteiger charge is -2.35. The van der Waals surface area contributed by atoms with E-state index in [0.29, 0.717) is 5.56 Å². The van der Waals surface area contributed by atoms with Gasteiger partial charge in [0.2, 0.25) is 0 Å². The van der Waals surface area contributed by atoms with Crippen LogP contribution in [0.25, 0.3) is 11.3 Å². The van der Waals surface area contributed by atoms with Gasteiger partial charge in [0.15, 0.2) is 5.84 Å². The summed E-state index contributed by atoms with van der Waals surface area (Å²) in [4.78, 5) is 6.01. The lowest BCUT2D eigenvalue weighted by atomic mass is 9.81. The number of benzene rings is 2. The SMILES string of the molecule is N/C(=N\O)c1cccc(SNCC2(c3nc(-c4ccccc4)cs3)CCOCC2)c1. The molecule has 6 nitrogen and oxygen atoms in total. The van der Waals surface area contributed by atoms with E-state index in [-0.39, 0.29) is 11.3 Å². The molecule has 8 heteroatoms. The van der Waals surface area contributed by atoms with Crippen LogP contribution in [0.2, 0.25) is 0 Å². The molecule has 1 saturated heterocycles. The van der Waals surface area contributed by atoms with Crippen molar-refractivity contribution in [1.29, 1.82) is 0 Å². The van der Waals surface area contributed by atoms with Crippen LogP contribution < -0.4 is 10.5 Å². The molecule has 30 heavy (non-hydrogen) atoms. The molecule has 0 aliphatic carbocycles. The van der Waals surface area contributed by atoms with Crippen LogP contribution in [-0.2, 0) is 10.2 Å². The minimum Gasteiger partial charge on any atom is -0.409 e. The molecule has 2 heterocycles. The highest BCUT2D eigenvalue weighted by atomic mass is 32.2. The zero-order valence-electron chi connectivity index (χ0n) is 16.5. The Hall–Kier alpha value is -2.39. The van der Waals surface area contributed by atoms with Gasteiger partial charge in [-0.2, -0.15) is 0 Å². The molecule has 1 aliphatic heterocycles. The number of hydrogen-bond donors (Lipinski definition) is 3. The Morgan fingerprint density at radius 2 is 2.00 bits per heavy atom. The van der Waals surface area contributed by atoms with E-state index < -0.39 is 0 Å². The maximum atomic E-state index is 8.89. The molecule has 0 bridgehead atoms. The maximum absolute atomic E-state index is 8.89. The Morgan fingerprint density at radius 3 is 2.77 bits per heavy atom. The van der Waals surface area contributed by atoms with Crippen molar-refractivity contribution in [2.75, 3.05) is 19.8 Å². The fourth-order valence-electron chi connectivity index (χ4n) is 3.52. The first-order valence-corrected chi connectivity index (χ1v) is 11.5. The number of aromatic nitrogens is 1. The maximum Gasteiger partial charge on any atom is 0.170 e. The van der Waals surface area contributed by atoms with E-state index in [4.69, 9.17) is 20.7 Å². The van der Waals surface area contributed by atoms with E-state index in [0.717, 1.165) is 53.8 Å². The lowest BCUT2D eigenvalue weighted by molar-refractivity contribution is 0.0519.